The fourth-order valence-corrected chi connectivity index (χ4v) is 2.17. The summed E-state index contributed by atoms with van der Waals surface area (Å²) < 4.78 is 19.5. The van der Waals surface area contributed by atoms with Crippen molar-refractivity contribution in [3.8, 4) is 11.5 Å². The zero-order valence-corrected chi connectivity index (χ0v) is 12.7. The molecule has 2 aromatic carbocycles. The second-order valence-electron chi connectivity index (χ2n) is 6.12. The minimum atomic E-state index is -0.576. The molecule has 0 heterocycles. The first-order valence-corrected chi connectivity index (χ1v) is 6.85. The number of carbonyl (C=O) groups is 1. The maximum atomic E-state index is 13.7. The Hall–Kier alpha value is -2.16. The van der Waals surface area contributed by atoms with Crippen molar-refractivity contribution >= 4 is 6.29 Å². The summed E-state index contributed by atoms with van der Waals surface area (Å²) in [6, 6.07) is 10.3. The normalized spacial score (nSPS) is 11.3. The van der Waals surface area contributed by atoms with E-state index in [0.29, 0.717) is 12.0 Å². The molecule has 0 fully saturated rings. The van der Waals surface area contributed by atoms with Crippen LogP contribution in [-0.4, -0.2) is 6.29 Å². The van der Waals surface area contributed by atoms with Crippen molar-refractivity contribution in [2.24, 2.45) is 0 Å². The molecule has 2 rings (SSSR count). The molecule has 110 valence electrons. The van der Waals surface area contributed by atoms with Gasteiger partial charge in [0.05, 0.1) is 5.56 Å². The van der Waals surface area contributed by atoms with Crippen LogP contribution >= 0.6 is 0 Å². The van der Waals surface area contributed by atoms with E-state index in [1.807, 2.05) is 25.1 Å². The van der Waals surface area contributed by atoms with Crippen LogP contribution in [0.4, 0.5) is 4.39 Å². The Bertz CT molecular complexity index is 669. The highest BCUT2D eigenvalue weighted by Gasteiger charge is 2.20. The maximum Gasteiger partial charge on any atom is 0.156 e. The Balaban J connectivity index is 2.52. The Kier molecular flexibility index (Phi) is 4.12. The lowest BCUT2D eigenvalue weighted by Gasteiger charge is -2.23. The summed E-state index contributed by atoms with van der Waals surface area (Å²) in [5.74, 6) is 0.310. The monoisotopic (exact) mass is 286 g/mol. The van der Waals surface area contributed by atoms with Gasteiger partial charge >= 0.3 is 0 Å². The van der Waals surface area contributed by atoms with Crippen LogP contribution in [0.15, 0.2) is 36.4 Å². The van der Waals surface area contributed by atoms with E-state index < -0.39 is 5.82 Å². The Morgan fingerprint density at radius 1 is 1.10 bits per heavy atom. The van der Waals surface area contributed by atoms with Crippen LogP contribution in [-0.2, 0) is 5.41 Å². The van der Waals surface area contributed by atoms with Crippen LogP contribution in [0.5, 0.6) is 11.5 Å². The average Bonchev–Trinajstić information content (AvgIpc) is 2.37. The van der Waals surface area contributed by atoms with Gasteiger partial charge in [0.1, 0.15) is 17.3 Å². The SMILES string of the molecule is Cc1ccc(C(C)(C)C)c(Oc2cccc(F)c2C=O)c1. The Morgan fingerprint density at radius 2 is 1.81 bits per heavy atom. The molecule has 2 nitrogen and oxygen atoms in total. The first kappa shape index (κ1) is 15.2. The van der Waals surface area contributed by atoms with Crippen molar-refractivity contribution in [2.75, 3.05) is 0 Å². The maximum absolute atomic E-state index is 13.7. The van der Waals surface area contributed by atoms with Crippen molar-refractivity contribution in [2.45, 2.75) is 33.1 Å². The molecule has 0 aliphatic rings. The molecule has 0 atom stereocenters. The number of carbonyl (C=O) groups excluding carboxylic acids is 1. The van der Waals surface area contributed by atoms with Gasteiger partial charge in [0, 0.05) is 5.56 Å². The molecule has 0 spiro atoms. The third-order valence-electron chi connectivity index (χ3n) is 3.30. The summed E-state index contributed by atoms with van der Waals surface area (Å²) >= 11 is 0. The minimum absolute atomic E-state index is 0.0566. The second-order valence-corrected chi connectivity index (χ2v) is 6.12. The van der Waals surface area contributed by atoms with Gasteiger partial charge in [0.15, 0.2) is 6.29 Å². The standard InChI is InChI=1S/C18H19FO2/c1-12-8-9-14(18(2,3)4)17(10-12)21-16-7-5-6-15(19)13(16)11-20/h5-11H,1-4H3. The molecule has 0 aromatic heterocycles. The van der Waals surface area contributed by atoms with Crippen LogP contribution in [0, 0.1) is 12.7 Å². The number of aryl methyl sites for hydroxylation is 1. The van der Waals surface area contributed by atoms with Crippen LogP contribution in [0.2, 0.25) is 0 Å². The third kappa shape index (κ3) is 3.30. The predicted molar refractivity (Wildman–Crippen MR) is 81.7 cm³/mol. The van der Waals surface area contributed by atoms with Crippen molar-refractivity contribution in [1.29, 1.82) is 0 Å². The molecule has 0 bridgehead atoms. The quantitative estimate of drug-likeness (QED) is 0.739. The van der Waals surface area contributed by atoms with Gasteiger partial charge in [0.2, 0.25) is 0 Å². The number of halogens is 1. The molecule has 0 saturated heterocycles. The molecule has 0 aliphatic carbocycles. The van der Waals surface area contributed by atoms with Crippen LogP contribution < -0.4 is 4.74 Å². The van der Waals surface area contributed by atoms with Gasteiger partial charge < -0.3 is 4.74 Å². The van der Waals surface area contributed by atoms with Gasteiger partial charge in [-0.2, -0.15) is 0 Å². The number of aldehydes is 1. The zero-order valence-electron chi connectivity index (χ0n) is 12.7. The van der Waals surface area contributed by atoms with E-state index in [0.717, 1.165) is 11.1 Å². The van der Waals surface area contributed by atoms with E-state index >= 15 is 0 Å². The summed E-state index contributed by atoms with van der Waals surface area (Å²) in [4.78, 5) is 11.1. The summed E-state index contributed by atoms with van der Waals surface area (Å²) in [5, 5.41) is 0. The van der Waals surface area contributed by atoms with Gasteiger partial charge in [-0.1, -0.05) is 39.0 Å². The van der Waals surface area contributed by atoms with E-state index in [1.54, 1.807) is 6.07 Å². The van der Waals surface area contributed by atoms with Crippen LogP contribution in [0.3, 0.4) is 0 Å². The highest BCUT2D eigenvalue weighted by atomic mass is 19.1. The lowest BCUT2D eigenvalue weighted by molar-refractivity contribution is 0.111. The minimum Gasteiger partial charge on any atom is -0.456 e. The van der Waals surface area contributed by atoms with E-state index in [-0.39, 0.29) is 16.7 Å². The molecular formula is C18H19FO2. The molecule has 0 unspecified atom stereocenters. The lowest BCUT2D eigenvalue weighted by atomic mass is 9.86. The highest BCUT2D eigenvalue weighted by molar-refractivity contribution is 5.80. The smallest absolute Gasteiger partial charge is 0.156 e. The number of hydrogen-bond acceptors (Lipinski definition) is 2. The van der Waals surface area contributed by atoms with E-state index in [1.165, 1.54) is 12.1 Å². The molecule has 0 amide bonds. The van der Waals surface area contributed by atoms with Crippen molar-refractivity contribution in [3.63, 3.8) is 0 Å². The van der Waals surface area contributed by atoms with Crippen LogP contribution in [0.1, 0.15) is 42.3 Å². The molecule has 2 aromatic rings. The molecule has 0 radical (unpaired) electrons. The summed E-state index contributed by atoms with van der Waals surface area (Å²) in [7, 11) is 0. The lowest BCUT2D eigenvalue weighted by Crippen LogP contribution is -2.13. The largest absolute Gasteiger partial charge is 0.456 e. The van der Waals surface area contributed by atoms with Gasteiger partial charge in [-0.05, 0) is 36.1 Å². The number of ether oxygens (including phenoxy) is 1. The second kappa shape index (κ2) is 5.68. The fourth-order valence-electron chi connectivity index (χ4n) is 2.17. The van der Waals surface area contributed by atoms with Crippen molar-refractivity contribution < 1.29 is 13.9 Å². The molecule has 0 N–H and O–H groups in total. The predicted octanol–water partition coefficient (Wildman–Crippen LogP) is 5.04. The topological polar surface area (TPSA) is 26.3 Å². The van der Waals surface area contributed by atoms with E-state index in [9.17, 15) is 9.18 Å². The van der Waals surface area contributed by atoms with E-state index in [4.69, 9.17) is 4.74 Å². The third-order valence-corrected chi connectivity index (χ3v) is 3.30. The number of hydrogen-bond donors (Lipinski definition) is 0. The number of benzene rings is 2. The highest BCUT2D eigenvalue weighted by Crippen LogP contribution is 2.36. The van der Waals surface area contributed by atoms with Gasteiger partial charge in [0.25, 0.3) is 0 Å². The molecule has 21 heavy (non-hydrogen) atoms. The van der Waals surface area contributed by atoms with E-state index in [2.05, 4.69) is 20.8 Å². The first-order valence-electron chi connectivity index (χ1n) is 6.85. The van der Waals surface area contributed by atoms with Crippen LogP contribution in [0.25, 0.3) is 0 Å². The average molecular weight is 286 g/mol. The fraction of sp³-hybridized carbons (Fsp3) is 0.278. The van der Waals surface area contributed by atoms with Crippen molar-refractivity contribution in [3.05, 3.63) is 58.9 Å². The molecule has 0 aliphatic heterocycles. The molecule has 0 saturated carbocycles. The summed E-state index contributed by atoms with van der Waals surface area (Å²) in [6.45, 7) is 8.20. The van der Waals surface area contributed by atoms with Gasteiger partial charge in [-0.3, -0.25) is 4.79 Å². The first-order chi connectivity index (χ1) is 9.82. The summed E-state index contributed by atoms with van der Waals surface area (Å²) in [6.07, 6.45) is 0.483. The van der Waals surface area contributed by atoms with Gasteiger partial charge in [-0.15, -0.1) is 0 Å². The molecular weight excluding hydrogens is 267 g/mol. The zero-order chi connectivity index (χ0) is 15.6. The number of rotatable bonds is 3. The Labute approximate surface area is 124 Å². The summed E-state index contributed by atoms with van der Waals surface area (Å²) in [5.41, 5.74) is 1.88. The Morgan fingerprint density at radius 3 is 2.43 bits per heavy atom. The van der Waals surface area contributed by atoms with Gasteiger partial charge in [-0.25, -0.2) is 4.39 Å². The van der Waals surface area contributed by atoms with Crippen molar-refractivity contribution in [1.82, 2.24) is 0 Å². The molecule has 3 heteroatoms.